The van der Waals surface area contributed by atoms with Gasteiger partial charge in [0.15, 0.2) is 5.58 Å². The number of pyridine rings is 1. The lowest BCUT2D eigenvalue weighted by Gasteiger charge is -2.03. The van der Waals surface area contributed by atoms with Crippen LogP contribution >= 0.6 is 0 Å². The summed E-state index contributed by atoms with van der Waals surface area (Å²) in [5.74, 6) is 0. The molecule has 2 nitrogen and oxygen atoms in total. The van der Waals surface area contributed by atoms with Crippen molar-refractivity contribution in [2.45, 2.75) is 6.92 Å². The second-order valence-electron chi connectivity index (χ2n) is 5.46. The summed E-state index contributed by atoms with van der Waals surface area (Å²) in [4.78, 5) is 0. The van der Waals surface area contributed by atoms with Crippen molar-refractivity contribution in [3.05, 3.63) is 66.4 Å². The molecular formula is C19H16NO+. The van der Waals surface area contributed by atoms with E-state index in [0.29, 0.717) is 0 Å². The molecule has 0 aliphatic heterocycles. The van der Waals surface area contributed by atoms with Gasteiger partial charge in [-0.15, -0.1) is 0 Å². The maximum Gasteiger partial charge on any atom is 0.213 e. The minimum Gasteiger partial charge on any atom is -0.450 e. The molecule has 0 bridgehead atoms. The molecule has 0 aliphatic rings. The van der Waals surface area contributed by atoms with Crippen molar-refractivity contribution in [3.8, 4) is 11.3 Å². The minimum atomic E-state index is 0.927. The predicted molar refractivity (Wildman–Crippen MR) is 85.1 cm³/mol. The highest BCUT2D eigenvalue weighted by molar-refractivity contribution is 6.05. The first kappa shape index (κ1) is 12.2. The molecule has 102 valence electrons. The summed E-state index contributed by atoms with van der Waals surface area (Å²) >= 11 is 0. The zero-order valence-corrected chi connectivity index (χ0v) is 12.1. The number of rotatable bonds is 1. The molecule has 0 fully saturated rings. The fraction of sp³-hybridized carbons (Fsp3) is 0.105. The maximum atomic E-state index is 5.93. The Hall–Kier alpha value is -2.61. The molecule has 0 unspecified atom stereocenters. The van der Waals surface area contributed by atoms with E-state index in [0.717, 1.165) is 11.2 Å². The first-order valence-electron chi connectivity index (χ1n) is 7.11. The summed E-state index contributed by atoms with van der Waals surface area (Å²) in [6.07, 6.45) is 2.07. The Morgan fingerprint density at radius 1 is 0.857 bits per heavy atom. The lowest BCUT2D eigenvalue weighted by Crippen LogP contribution is -2.30. The van der Waals surface area contributed by atoms with Gasteiger partial charge in [-0.25, -0.2) is 0 Å². The van der Waals surface area contributed by atoms with Crippen molar-refractivity contribution in [2.75, 3.05) is 0 Å². The summed E-state index contributed by atoms with van der Waals surface area (Å²) in [6.45, 7) is 2.15. The number of hydrogen-bond acceptors (Lipinski definition) is 1. The standard InChI is InChI=1S/C19H16NO/c1-13-7-3-4-8-14(13)17-11-16-15-9-5-6-10-18(15)21-19(16)12-20(17)2/h3-12H,1-2H3/q+1. The molecule has 2 aromatic carbocycles. The number of hydrogen-bond donors (Lipinski definition) is 0. The summed E-state index contributed by atoms with van der Waals surface area (Å²) < 4.78 is 8.07. The van der Waals surface area contributed by atoms with Crippen LogP contribution in [0, 0.1) is 6.92 Å². The third kappa shape index (κ3) is 1.83. The first-order valence-corrected chi connectivity index (χ1v) is 7.11. The molecule has 0 saturated heterocycles. The van der Waals surface area contributed by atoms with Crippen LogP contribution in [0.15, 0.2) is 65.2 Å². The minimum absolute atomic E-state index is 0.927. The van der Waals surface area contributed by atoms with Crippen molar-refractivity contribution in [1.29, 1.82) is 0 Å². The zero-order chi connectivity index (χ0) is 14.4. The molecule has 0 amide bonds. The summed E-state index contributed by atoms with van der Waals surface area (Å²) in [7, 11) is 2.06. The molecule has 2 aromatic heterocycles. The molecule has 21 heavy (non-hydrogen) atoms. The van der Waals surface area contributed by atoms with Crippen LogP contribution in [0.4, 0.5) is 0 Å². The van der Waals surface area contributed by atoms with Gasteiger partial charge < -0.3 is 4.42 Å². The second-order valence-corrected chi connectivity index (χ2v) is 5.46. The Balaban J connectivity index is 2.08. The number of aryl methyl sites for hydroxylation is 2. The highest BCUT2D eigenvalue weighted by Gasteiger charge is 2.17. The molecule has 0 atom stereocenters. The van der Waals surface area contributed by atoms with E-state index in [1.807, 2.05) is 12.1 Å². The number of para-hydroxylation sites is 1. The number of aromatic nitrogens is 1. The Bertz CT molecular complexity index is 966. The predicted octanol–water partition coefficient (Wildman–Crippen LogP) is 4.39. The van der Waals surface area contributed by atoms with E-state index in [2.05, 4.69) is 67.2 Å². The van der Waals surface area contributed by atoms with Gasteiger partial charge in [0.25, 0.3) is 0 Å². The Morgan fingerprint density at radius 2 is 1.62 bits per heavy atom. The van der Waals surface area contributed by atoms with E-state index in [1.54, 1.807) is 0 Å². The zero-order valence-electron chi connectivity index (χ0n) is 12.1. The average molecular weight is 274 g/mol. The van der Waals surface area contributed by atoms with E-state index < -0.39 is 0 Å². The fourth-order valence-electron chi connectivity index (χ4n) is 2.94. The van der Waals surface area contributed by atoms with Crippen molar-refractivity contribution < 1.29 is 8.98 Å². The summed E-state index contributed by atoms with van der Waals surface area (Å²) in [5, 5.41) is 2.34. The monoisotopic (exact) mass is 274 g/mol. The van der Waals surface area contributed by atoms with Crippen molar-refractivity contribution in [2.24, 2.45) is 7.05 Å². The van der Waals surface area contributed by atoms with Crippen LogP contribution in [0.25, 0.3) is 33.2 Å². The van der Waals surface area contributed by atoms with E-state index in [4.69, 9.17) is 4.42 Å². The van der Waals surface area contributed by atoms with Gasteiger partial charge in [-0.3, -0.25) is 0 Å². The van der Waals surface area contributed by atoms with Gasteiger partial charge >= 0.3 is 0 Å². The van der Waals surface area contributed by atoms with Crippen LogP contribution in [0.3, 0.4) is 0 Å². The first-order chi connectivity index (χ1) is 10.2. The maximum absolute atomic E-state index is 5.93. The molecule has 4 rings (SSSR count). The van der Waals surface area contributed by atoms with Crippen LogP contribution in [0.1, 0.15) is 5.56 Å². The molecule has 0 aliphatic carbocycles. The Morgan fingerprint density at radius 3 is 2.48 bits per heavy atom. The topological polar surface area (TPSA) is 17.0 Å². The van der Waals surface area contributed by atoms with Crippen LogP contribution in [-0.4, -0.2) is 0 Å². The third-order valence-electron chi connectivity index (χ3n) is 4.06. The van der Waals surface area contributed by atoms with Crippen LogP contribution in [-0.2, 0) is 7.05 Å². The average Bonchev–Trinajstić information content (AvgIpc) is 2.84. The van der Waals surface area contributed by atoms with Crippen molar-refractivity contribution in [3.63, 3.8) is 0 Å². The SMILES string of the molecule is Cc1ccccc1-c1cc2c(c[n+]1C)oc1ccccc12. The van der Waals surface area contributed by atoms with Crippen LogP contribution in [0.5, 0.6) is 0 Å². The van der Waals surface area contributed by atoms with Gasteiger partial charge in [-0.2, -0.15) is 4.57 Å². The summed E-state index contributed by atoms with van der Waals surface area (Å²) in [6, 6.07) is 18.9. The molecule has 0 radical (unpaired) electrons. The third-order valence-corrected chi connectivity index (χ3v) is 4.06. The lowest BCUT2D eigenvalue weighted by molar-refractivity contribution is -0.659. The number of fused-ring (bicyclic) bond motifs is 3. The Kier molecular flexibility index (Phi) is 2.58. The van der Waals surface area contributed by atoms with Gasteiger partial charge in [0.1, 0.15) is 12.6 Å². The number of furan rings is 1. The quantitative estimate of drug-likeness (QED) is 0.471. The number of benzene rings is 2. The van der Waals surface area contributed by atoms with Gasteiger partial charge in [-0.1, -0.05) is 36.4 Å². The molecule has 4 aromatic rings. The molecule has 0 N–H and O–H groups in total. The van der Waals surface area contributed by atoms with E-state index in [-0.39, 0.29) is 0 Å². The normalized spacial score (nSPS) is 11.3. The highest BCUT2D eigenvalue weighted by Crippen LogP contribution is 2.30. The van der Waals surface area contributed by atoms with Crippen molar-refractivity contribution in [1.82, 2.24) is 0 Å². The van der Waals surface area contributed by atoms with E-state index in [9.17, 15) is 0 Å². The van der Waals surface area contributed by atoms with Gasteiger partial charge in [0.05, 0.1) is 0 Å². The smallest absolute Gasteiger partial charge is 0.213 e. The fourth-order valence-corrected chi connectivity index (χ4v) is 2.94. The van der Waals surface area contributed by atoms with Crippen LogP contribution in [0.2, 0.25) is 0 Å². The molecule has 2 heterocycles. The van der Waals surface area contributed by atoms with Gasteiger partial charge in [-0.05, 0) is 24.6 Å². The largest absolute Gasteiger partial charge is 0.450 e. The Labute approximate surface area is 123 Å². The van der Waals surface area contributed by atoms with Crippen molar-refractivity contribution >= 4 is 21.9 Å². The van der Waals surface area contributed by atoms with E-state index in [1.165, 1.54) is 27.6 Å². The highest BCUT2D eigenvalue weighted by atomic mass is 16.3. The van der Waals surface area contributed by atoms with Gasteiger partial charge in [0.2, 0.25) is 11.9 Å². The molecular weight excluding hydrogens is 258 g/mol. The summed E-state index contributed by atoms with van der Waals surface area (Å²) in [5.41, 5.74) is 5.60. The molecule has 0 saturated carbocycles. The lowest BCUT2D eigenvalue weighted by atomic mass is 10.0. The molecule has 0 spiro atoms. The van der Waals surface area contributed by atoms with Gasteiger partial charge in [0, 0.05) is 22.4 Å². The molecule has 2 heteroatoms. The number of nitrogens with zero attached hydrogens (tertiary/aromatic N) is 1. The van der Waals surface area contributed by atoms with E-state index >= 15 is 0 Å². The second kappa shape index (κ2) is 4.45. The van der Waals surface area contributed by atoms with Crippen LogP contribution < -0.4 is 4.57 Å².